The number of carbonyl (C=O) groups excluding carboxylic acids is 2. The van der Waals surface area contributed by atoms with Crippen LogP contribution in [-0.4, -0.2) is 87.9 Å². The molecule has 0 N–H and O–H groups in total. The van der Waals surface area contributed by atoms with E-state index in [0.717, 1.165) is 28.4 Å². The smallest absolute Gasteiger partial charge is 0.414 e. The summed E-state index contributed by atoms with van der Waals surface area (Å²) in [7, 11) is -2.03. The number of nitrogens with zero attached hydrogens (tertiary/aromatic N) is 4. The van der Waals surface area contributed by atoms with Gasteiger partial charge in [-0.1, -0.05) is 12.6 Å². The zero-order valence-electron chi connectivity index (χ0n) is 16.8. The van der Waals surface area contributed by atoms with Crippen molar-refractivity contribution in [1.82, 2.24) is 9.37 Å². The third kappa shape index (κ3) is 5.37. The van der Waals surface area contributed by atoms with Crippen molar-refractivity contribution in [2.24, 2.45) is 0 Å². The minimum absolute atomic E-state index is 0.0281. The number of thiol groups is 1. The van der Waals surface area contributed by atoms with Crippen LogP contribution in [-0.2, 0) is 19.6 Å². The summed E-state index contributed by atoms with van der Waals surface area (Å²) in [6.07, 6.45) is -0.472. The van der Waals surface area contributed by atoms with Gasteiger partial charge >= 0.3 is 11.3 Å². The predicted octanol–water partition coefficient (Wildman–Crippen LogP) is 1.28. The summed E-state index contributed by atoms with van der Waals surface area (Å²) in [5, 5.41) is 0.218. The molecule has 2 heterocycles. The molecule has 0 unspecified atom stereocenters. The highest BCUT2D eigenvalue weighted by Gasteiger charge is 2.35. The summed E-state index contributed by atoms with van der Waals surface area (Å²) in [5.74, 6) is -1.76. The number of rotatable bonds is 6. The SMILES string of the molecule is CN(OC[C@@H]1CN(c2cc(F)c(N3CCN(S(C)(=O)=O)CC3)c(F)c2)C(=O)O1)C(=O)S. The normalized spacial score (nSPS) is 20.2. The largest absolute Gasteiger partial charge is 0.441 e. The van der Waals surface area contributed by atoms with E-state index in [9.17, 15) is 26.8 Å². The Labute approximate surface area is 183 Å². The molecule has 0 radical (unpaired) electrons. The first-order valence-corrected chi connectivity index (χ1v) is 11.5. The van der Waals surface area contributed by atoms with Crippen molar-refractivity contribution in [1.29, 1.82) is 0 Å². The zero-order valence-corrected chi connectivity index (χ0v) is 18.5. The highest BCUT2D eigenvalue weighted by Crippen LogP contribution is 2.31. The van der Waals surface area contributed by atoms with Crippen molar-refractivity contribution < 1.29 is 36.4 Å². The highest BCUT2D eigenvalue weighted by molar-refractivity contribution is 7.96. The van der Waals surface area contributed by atoms with Crippen LogP contribution in [0.3, 0.4) is 0 Å². The standard InChI is InChI=1S/C17H22F2N4O6S2/c1-20(17(25)30)28-10-12-9-23(16(24)29-12)11-7-13(18)15(14(19)8-11)21-3-5-22(6-4-21)31(2,26)27/h7-8,12H,3-6,9-10H2,1-2H3,(H,25,30)/t12-/m0/s1. The van der Waals surface area contributed by atoms with Gasteiger partial charge in [-0.2, -0.15) is 4.31 Å². The van der Waals surface area contributed by atoms with Crippen LogP contribution in [0.1, 0.15) is 0 Å². The fourth-order valence-corrected chi connectivity index (χ4v) is 4.21. The number of piperazine rings is 1. The van der Waals surface area contributed by atoms with Crippen LogP contribution in [0.15, 0.2) is 12.1 Å². The van der Waals surface area contributed by atoms with Crippen LogP contribution in [0.5, 0.6) is 0 Å². The number of carbonyl (C=O) groups is 2. The Morgan fingerprint density at radius 3 is 2.35 bits per heavy atom. The van der Waals surface area contributed by atoms with Gasteiger partial charge in [0.1, 0.15) is 18.4 Å². The minimum Gasteiger partial charge on any atom is -0.441 e. The van der Waals surface area contributed by atoms with Crippen LogP contribution < -0.4 is 9.80 Å². The molecule has 3 rings (SSSR count). The second-order valence-corrected chi connectivity index (χ2v) is 9.46. The number of cyclic esters (lactones) is 1. The Hall–Kier alpha value is -2.16. The highest BCUT2D eigenvalue weighted by atomic mass is 32.2. The molecule has 31 heavy (non-hydrogen) atoms. The Bertz CT molecular complexity index is 948. The van der Waals surface area contributed by atoms with Gasteiger partial charge in [0.15, 0.2) is 11.6 Å². The van der Waals surface area contributed by atoms with E-state index < -0.39 is 39.1 Å². The number of amides is 2. The molecule has 0 aromatic heterocycles. The molecular formula is C17H22F2N4O6S2. The number of benzene rings is 1. The van der Waals surface area contributed by atoms with Crippen molar-refractivity contribution in [3.63, 3.8) is 0 Å². The van der Waals surface area contributed by atoms with E-state index in [0.29, 0.717) is 0 Å². The number of anilines is 2. The van der Waals surface area contributed by atoms with E-state index >= 15 is 0 Å². The fraction of sp³-hybridized carbons (Fsp3) is 0.529. The molecule has 0 saturated carbocycles. The van der Waals surface area contributed by atoms with Gasteiger partial charge < -0.3 is 9.64 Å². The summed E-state index contributed by atoms with van der Waals surface area (Å²) in [5.41, 5.74) is -0.307. The van der Waals surface area contributed by atoms with Gasteiger partial charge in [0.2, 0.25) is 10.0 Å². The Kier molecular flexibility index (Phi) is 6.93. The molecular weight excluding hydrogens is 458 g/mol. The van der Waals surface area contributed by atoms with Gasteiger partial charge in [-0.15, -0.1) is 0 Å². The van der Waals surface area contributed by atoms with Crippen molar-refractivity contribution in [2.75, 3.05) is 62.4 Å². The van der Waals surface area contributed by atoms with Crippen molar-refractivity contribution in [2.45, 2.75) is 6.10 Å². The van der Waals surface area contributed by atoms with E-state index in [1.165, 1.54) is 16.3 Å². The minimum atomic E-state index is -3.37. The molecule has 2 aliphatic rings. The van der Waals surface area contributed by atoms with Gasteiger partial charge in [-0.3, -0.25) is 14.5 Å². The summed E-state index contributed by atoms with van der Waals surface area (Å²) < 4.78 is 59.1. The van der Waals surface area contributed by atoms with Gasteiger partial charge in [-0.05, 0) is 0 Å². The Morgan fingerprint density at radius 1 is 1.26 bits per heavy atom. The van der Waals surface area contributed by atoms with Gasteiger partial charge in [0.05, 0.1) is 18.5 Å². The van der Waals surface area contributed by atoms with E-state index in [1.54, 1.807) is 0 Å². The second-order valence-electron chi connectivity index (χ2n) is 7.10. The molecule has 2 aliphatic heterocycles. The van der Waals surface area contributed by atoms with Crippen LogP contribution in [0.2, 0.25) is 0 Å². The average molecular weight is 481 g/mol. The molecule has 2 fully saturated rings. The van der Waals surface area contributed by atoms with Gasteiger partial charge in [0, 0.05) is 45.4 Å². The first-order chi connectivity index (χ1) is 14.5. The third-order valence-electron chi connectivity index (χ3n) is 4.93. The van der Waals surface area contributed by atoms with Crippen LogP contribution >= 0.6 is 12.6 Å². The maximum absolute atomic E-state index is 14.8. The molecule has 1 atom stereocenters. The van der Waals surface area contributed by atoms with Crippen molar-refractivity contribution >= 4 is 45.4 Å². The number of ether oxygens (including phenoxy) is 1. The molecule has 172 valence electrons. The molecule has 0 aliphatic carbocycles. The number of halogens is 2. The first kappa shape index (κ1) is 23.5. The number of hydrogen-bond acceptors (Lipinski definition) is 7. The van der Waals surface area contributed by atoms with Gasteiger partial charge in [-0.25, -0.2) is 27.1 Å². The summed E-state index contributed by atoms with van der Waals surface area (Å²) in [4.78, 5) is 30.8. The summed E-state index contributed by atoms with van der Waals surface area (Å²) in [6, 6.07) is 2.05. The fourth-order valence-electron chi connectivity index (χ4n) is 3.32. The molecule has 2 amide bonds. The van der Waals surface area contributed by atoms with Crippen LogP contribution in [0, 0.1) is 11.6 Å². The molecule has 0 spiro atoms. The quantitative estimate of drug-likeness (QED) is 0.484. The molecule has 2 saturated heterocycles. The molecule has 0 bridgehead atoms. The lowest BCUT2D eigenvalue weighted by atomic mass is 10.2. The number of hydrogen-bond donors (Lipinski definition) is 1. The lowest BCUT2D eigenvalue weighted by molar-refractivity contribution is -0.113. The summed E-state index contributed by atoms with van der Waals surface area (Å²) >= 11 is 3.58. The average Bonchev–Trinajstić information content (AvgIpc) is 3.05. The molecule has 10 nitrogen and oxygen atoms in total. The van der Waals surface area contributed by atoms with E-state index in [2.05, 4.69) is 12.6 Å². The lowest BCUT2D eigenvalue weighted by Gasteiger charge is -2.35. The predicted molar refractivity (Wildman–Crippen MR) is 111 cm³/mol. The van der Waals surface area contributed by atoms with Crippen molar-refractivity contribution in [3.8, 4) is 0 Å². The van der Waals surface area contributed by atoms with E-state index in [4.69, 9.17) is 9.57 Å². The first-order valence-electron chi connectivity index (χ1n) is 9.24. The third-order valence-corrected chi connectivity index (χ3v) is 6.52. The Morgan fingerprint density at radius 2 is 1.84 bits per heavy atom. The van der Waals surface area contributed by atoms with Crippen molar-refractivity contribution in [3.05, 3.63) is 23.8 Å². The Balaban J connectivity index is 1.69. The van der Waals surface area contributed by atoms with Gasteiger partial charge in [0.25, 0.3) is 0 Å². The summed E-state index contributed by atoms with van der Waals surface area (Å²) in [6.45, 7) is 0.314. The second kappa shape index (κ2) is 9.14. The molecule has 1 aromatic rings. The maximum Gasteiger partial charge on any atom is 0.414 e. The molecule has 1 aromatic carbocycles. The lowest BCUT2D eigenvalue weighted by Crippen LogP contribution is -2.48. The molecule has 14 heteroatoms. The van der Waals surface area contributed by atoms with E-state index in [1.807, 2.05) is 0 Å². The topological polar surface area (TPSA) is 99.7 Å². The number of hydroxylamine groups is 2. The monoisotopic (exact) mass is 480 g/mol. The van der Waals surface area contributed by atoms with Crippen LogP contribution in [0.4, 0.5) is 29.7 Å². The van der Waals surface area contributed by atoms with Crippen LogP contribution in [0.25, 0.3) is 0 Å². The maximum atomic E-state index is 14.8. The number of sulfonamides is 1. The zero-order chi connectivity index (χ0) is 22.9. The van der Waals surface area contributed by atoms with E-state index in [-0.39, 0.29) is 50.7 Å².